The molecular weight excluding hydrogens is 232 g/mol. The van der Waals surface area contributed by atoms with Gasteiger partial charge in [0.2, 0.25) is 0 Å². The van der Waals surface area contributed by atoms with Gasteiger partial charge in [-0.25, -0.2) is 0 Å². The van der Waals surface area contributed by atoms with E-state index in [-0.39, 0.29) is 16.4 Å². The number of hydrogen-bond acceptors (Lipinski definition) is 4. The summed E-state index contributed by atoms with van der Waals surface area (Å²) in [5.41, 5.74) is 9.75. The van der Waals surface area contributed by atoms with E-state index in [1.54, 1.807) is 0 Å². The van der Waals surface area contributed by atoms with Crippen LogP contribution in [0.4, 0.5) is 11.4 Å². The Bertz CT molecular complexity index is 474. The highest BCUT2D eigenvalue weighted by atomic mass is 32.1. The average Bonchev–Trinajstić information content (AvgIpc) is 2.15. The van der Waals surface area contributed by atoms with Crippen LogP contribution in [0, 0.1) is 10.1 Å². The molecule has 1 amide bonds. The largest absolute Gasteiger partial charge is 0.376 e. The van der Waals surface area contributed by atoms with Gasteiger partial charge in [0, 0.05) is 6.07 Å². The first kappa shape index (κ1) is 11.9. The molecule has 0 aromatic heterocycles. The molecule has 84 valence electrons. The summed E-state index contributed by atoms with van der Waals surface area (Å²) in [6.07, 6.45) is 0. The molecule has 1 aromatic carbocycles. The number of nitro benzene ring substituents is 1. The summed E-state index contributed by atoms with van der Waals surface area (Å²) in [7, 11) is 0. The zero-order chi connectivity index (χ0) is 12.3. The Morgan fingerprint density at radius 3 is 2.50 bits per heavy atom. The number of amides is 1. The Kier molecular flexibility index (Phi) is 3.36. The van der Waals surface area contributed by atoms with Gasteiger partial charge in [-0.05, 0) is 18.3 Å². The van der Waals surface area contributed by atoms with Crippen LogP contribution in [0.2, 0.25) is 0 Å². The van der Waals surface area contributed by atoms with Crippen molar-refractivity contribution < 1.29 is 9.72 Å². The maximum absolute atomic E-state index is 11.1. The smallest absolute Gasteiger partial charge is 0.284 e. The second-order valence-electron chi connectivity index (χ2n) is 2.81. The second kappa shape index (κ2) is 4.53. The fourth-order valence-electron chi connectivity index (χ4n) is 1.19. The fraction of sp³-hybridized carbons (Fsp3) is 0. The van der Waals surface area contributed by atoms with E-state index in [1.165, 1.54) is 18.2 Å². The highest BCUT2D eigenvalue weighted by Crippen LogP contribution is 2.25. The summed E-state index contributed by atoms with van der Waals surface area (Å²) in [5.74, 6) is -0.925. The number of rotatable bonds is 3. The lowest BCUT2D eigenvalue weighted by Crippen LogP contribution is -2.23. The Hall–Kier alpha value is -2.22. The minimum atomic E-state index is -0.925. The van der Waals surface area contributed by atoms with Crippen LogP contribution in [0.1, 0.15) is 10.4 Å². The number of nitro groups is 1. The van der Waals surface area contributed by atoms with E-state index in [1.807, 2.05) is 0 Å². The summed E-state index contributed by atoms with van der Waals surface area (Å²) in [4.78, 5) is 21.1. The molecule has 0 radical (unpaired) electrons. The van der Waals surface area contributed by atoms with Gasteiger partial charge >= 0.3 is 0 Å². The van der Waals surface area contributed by atoms with Crippen molar-refractivity contribution in [2.45, 2.75) is 0 Å². The predicted octanol–water partition coefficient (Wildman–Crippen LogP) is 0.349. The van der Waals surface area contributed by atoms with Gasteiger partial charge in [-0.1, -0.05) is 6.07 Å². The standard InChI is InChI=1S/C8H8N4O3S/c9-7(13)6-4(11-8(10)16)2-1-3-5(6)12(14)15/h1-3H,(H2,9,13)(H3,10,11,16). The van der Waals surface area contributed by atoms with Crippen LogP contribution in [0.5, 0.6) is 0 Å². The highest BCUT2D eigenvalue weighted by molar-refractivity contribution is 7.80. The molecule has 1 aromatic rings. The Balaban J connectivity index is 3.38. The van der Waals surface area contributed by atoms with Crippen molar-refractivity contribution in [2.24, 2.45) is 11.5 Å². The summed E-state index contributed by atoms with van der Waals surface area (Å²) < 4.78 is 0. The van der Waals surface area contributed by atoms with Crippen molar-refractivity contribution in [1.29, 1.82) is 0 Å². The molecule has 0 bridgehead atoms. The molecule has 0 spiro atoms. The van der Waals surface area contributed by atoms with Gasteiger partial charge in [-0.15, -0.1) is 0 Å². The third-order valence-corrected chi connectivity index (χ3v) is 1.85. The van der Waals surface area contributed by atoms with Crippen molar-refractivity contribution in [2.75, 3.05) is 5.32 Å². The number of carbonyl (C=O) groups is 1. The van der Waals surface area contributed by atoms with Gasteiger partial charge in [0.15, 0.2) is 5.11 Å². The van der Waals surface area contributed by atoms with E-state index in [0.29, 0.717) is 0 Å². The molecule has 0 atom stereocenters. The number of nitrogens with zero attached hydrogens (tertiary/aromatic N) is 1. The van der Waals surface area contributed by atoms with Crippen molar-refractivity contribution in [3.05, 3.63) is 33.9 Å². The fourth-order valence-corrected chi connectivity index (χ4v) is 1.30. The molecule has 5 N–H and O–H groups in total. The second-order valence-corrected chi connectivity index (χ2v) is 3.25. The lowest BCUT2D eigenvalue weighted by molar-refractivity contribution is -0.385. The maximum Gasteiger partial charge on any atom is 0.284 e. The van der Waals surface area contributed by atoms with Gasteiger partial charge in [-0.3, -0.25) is 14.9 Å². The first-order valence-corrected chi connectivity index (χ1v) is 4.48. The molecule has 0 heterocycles. The van der Waals surface area contributed by atoms with Crippen molar-refractivity contribution in [3.8, 4) is 0 Å². The first-order valence-electron chi connectivity index (χ1n) is 4.07. The number of nitrogens with two attached hydrogens (primary N) is 2. The van der Waals surface area contributed by atoms with E-state index in [0.717, 1.165) is 0 Å². The zero-order valence-corrected chi connectivity index (χ0v) is 8.78. The van der Waals surface area contributed by atoms with Crippen LogP contribution in [0.25, 0.3) is 0 Å². The maximum atomic E-state index is 11.1. The first-order chi connectivity index (χ1) is 7.43. The predicted molar refractivity (Wildman–Crippen MR) is 62.0 cm³/mol. The van der Waals surface area contributed by atoms with Crippen molar-refractivity contribution in [1.82, 2.24) is 0 Å². The molecule has 16 heavy (non-hydrogen) atoms. The lowest BCUT2D eigenvalue weighted by atomic mass is 10.1. The van der Waals surface area contributed by atoms with Crippen LogP contribution in [0.15, 0.2) is 18.2 Å². The lowest BCUT2D eigenvalue weighted by Gasteiger charge is -2.08. The molecule has 1 rings (SSSR count). The monoisotopic (exact) mass is 240 g/mol. The van der Waals surface area contributed by atoms with E-state index in [9.17, 15) is 14.9 Å². The minimum absolute atomic E-state index is 0.108. The molecule has 7 nitrogen and oxygen atoms in total. The number of anilines is 1. The van der Waals surface area contributed by atoms with Gasteiger partial charge < -0.3 is 16.8 Å². The minimum Gasteiger partial charge on any atom is -0.376 e. The molecule has 0 saturated heterocycles. The van der Waals surface area contributed by atoms with Crippen molar-refractivity contribution in [3.63, 3.8) is 0 Å². The Morgan fingerprint density at radius 2 is 2.06 bits per heavy atom. The molecule has 0 aliphatic carbocycles. The molecular formula is C8H8N4O3S. The zero-order valence-electron chi connectivity index (χ0n) is 7.97. The third kappa shape index (κ3) is 2.42. The molecule has 0 saturated carbocycles. The summed E-state index contributed by atoms with van der Waals surface area (Å²) >= 11 is 4.58. The van der Waals surface area contributed by atoms with Crippen LogP contribution >= 0.6 is 12.2 Å². The van der Waals surface area contributed by atoms with E-state index < -0.39 is 16.5 Å². The quantitative estimate of drug-likeness (QED) is 0.397. The van der Waals surface area contributed by atoms with E-state index >= 15 is 0 Å². The molecule has 8 heteroatoms. The van der Waals surface area contributed by atoms with Gasteiger partial charge in [0.05, 0.1) is 10.6 Å². The molecule has 0 aliphatic rings. The van der Waals surface area contributed by atoms with Crippen LogP contribution in [-0.4, -0.2) is 15.9 Å². The molecule has 0 aliphatic heterocycles. The van der Waals surface area contributed by atoms with E-state index in [2.05, 4.69) is 17.5 Å². The Morgan fingerprint density at radius 1 is 1.44 bits per heavy atom. The van der Waals surface area contributed by atoms with Crippen LogP contribution in [0.3, 0.4) is 0 Å². The summed E-state index contributed by atoms with van der Waals surface area (Å²) in [5, 5.41) is 13.0. The SMILES string of the molecule is NC(=O)c1c(NC(N)=S)cccc1[N+](=O)[O-]. The average molecular weight is 240 g/mol. The van der Waals surface area contributed by atoms with Gasteiger partial charge in [0.1, 0.15) is 5.56 Å². The Labute approximate surface area is 95.6 Å². The normalized spacial score (nSPS) is 9.50. The summed E-state index contributed by atoms with van der Waals surface area (Å²) in [6, 6.07) is 3.99. The van der Waals surface area contributed by atoms with Crippen LogP contribution in [-0.2, 0) is 0 Å². The molecule has 0 fully saturated rings. The number of hydrogen-bond donors (Lipinski definition) is 3. The van der Waals surface area contributed by atoms with Gasteiger partial charge in [-0.2, -0.15) is 0 Å². The topological polar surface area (TPSA) is 124 Å². The van der Waals surface area contributed by atoms with Gasteiger partial charge in [0.25, 0.3) is 11.6 Å². The molecule has 0 unspecified atom stereocenters. The number of nitrogens with one attached hydrogen (secondary N) is 1. The highest BCUT2D eigenvalue weighted by Gasteiger charge is 2.21. The number of primary amides is 1. The number of benzene rings is 1. The van der Waals surface area contributed by atoms with Crippen LogP contribution < -0.4 is 16.8 Å². The number of carbonyl (C=O) groups excluding carboxylic acids is 1. The summed E-state index contributed by atoms with van der Waals surface area (Å²) in [6.45, 7) is 0. The van der Waals surface area contributed by atoms with E-state index in [4.69, 9.17) is 11.5 Å². The third-order valence-electron chi connectivity index (χ3n) is 1.74. The van der Waals surface area contributed by atoms with Crippen molar-refractivity contribution >= 4 is 34.6 Å². The number of thiocarbonyl (C=S) groups is 1.